The third-order valence-electron chi connectivity index (χ3n) is 3.77. The maximum Gasteiger partial charge on any atom is 0.226 e. The van der Waals surface area contributed by atoms with E-state index in [1.807, 2.05) is 11.9 Å². The zero-order valence-electron chi connectivity index (χ0n) is 11.6. The zero-order valence-corrected chi connectivity index (χ0v) is 11.6. The molecule has 1 fully saturated rings. The first-order valence-corrected chi connectivity index (χ1v) is 6.99. The van der Waals surface area contributed by atoms with Gasteiger partial charge in [0.1, 0.15) is 0 Å². The standard InChI is InChI=1S/C14H28N2O/c1-11(2)8-13(9-15)14(17)16(3)10-12-6-4-5-7-12/h11-13H,4-10,15H2,1-3H3. The maximum atomic E-state index is 12.2. The lowest BCUT2D eigenvalue weighted by atomic mass is 9.95. The van der Waals surface area contributed by atoms with Crippen LogP contribution >= 0.6 is 0 Å². The van der Waals surface area contributed by atoms with Crippen molar-refractivity contribution in [1.29, 1.82) is 0 Å². The Morgan fingerprint density at radius 1 is 1.35 bits per heavy atom. The van der Waals surface area contributed by atoms with Gasteiger partial charge in [-0.15, -0.1) is 0 Å². The summed E-state index contributed by atoms with van der Waals surface area (Å²) in [6.45, 7) is 5.69. The summed E-state index contributed by atoms with van der Waals surface area (Å²) in [5.74, 6) is 1.52. The lowest BCUT2D eigenvalue weighted by Crippen LogP contribution is -2.39. The highest BCUT2D eigenvalue weighted by Gasteiger charge is 2.24. The van der Waals surface area contributed by atoms with E-state index in [0.717, 1.165) is 18.9 Å². The van der Waals surface area contributed by atoms with E-state index in [0.29, 0.717) is 12.5 Å². The molecular weight excluding hydrogens is 212 g/mol. The minimum atomic E-state index is 0.0152. The summed E-state index contributed by atoms with van der Waals surface area (Å²) in [7, 11) is 1.93. The summed E-state index contributed by atoms with van der Waals surface area (Å²) in [6, 6.07) is 0. The van der Waals surface area contributed by atoms with Crippen LogP contribution in [0.2, 0.25) is 0 Å². The maximum absolute atomic E-state index is 12.2. The molecule has 0 aromatic carbocycles. The summed E-state index contributed by atoms with van der Waals surface area (Å²) in [5.41, 5.74) is 5.72. The van der Waals surface area contributed by atoms with Gasteiger partial charge in [0.25, 0.3) is 0 Å². The topological polar surface area (TPSA) is 46.3 Å². The number of amides is 1. The predicted octanol–water partition coefficient (Wildman–Crippen LogP) is 2.26. The van der Waals surface area contributed by atoms with Crippen molar-refractivity contribution in [1.82, 2.24) is 4.90 Å². The Morgan fingerprint density at radius 2 is 1.94 bits per heavy atom. The van der Waals surface area contributed by atoms with Gasteiger partial charge in [-0.1, -0.05) is 26.7 Å². The minimum Gasteiger partial charge on any atom is -0.345 e. The molecule has 0 aromatic rings. The number of carbonyl (C=O) groups is 1. The minimum absolute atomic E-state index is 0.0152. The molecule has 0 saturated heterocycles. The highest BCUT2D eigenvalue weighted by Crippen LogP contribution is 2.25. The van der Waals surface area contributed by atoms with Gasteiger partial charge in [0.15, 0.2) is 0 Å². The van der Waals surface area contributed by atoms with Crippen LogP contribution in [0, 0.1) is 17.8 Å². The molecule has 0 spiro atoms. The van der Waals surface area contributed by atoms with Gasteiger partial charge in [0.2, 0.25) is 5.91 Å². The summed E-state index contributed by atoms with van der Waals surface area (Å²) in [6.07, 6.45) is 6.15. The van der Waals surface area contributed by atoms with Crippen LogP contribution in [0.5, 0.6) is 0 Å². The highest BCUT2D eigenvalue weighted by molar-refractivity contribution is 5.78. The Kier molecular flexibility index (Phi) is 5.96. The van der Waals surface area contributed by atoms with E-state index in [1.54, 1.807) is 0 Å². The van der Waals surface area contributed by atoms with E-state index in [9.17, 15) is 4.79 Å². The third-order valence-corrected chi connectivity index (χ3v) is 3.77. The summed E-state index contributed by atoms with van der Waals surface area (Å²) in [4.78, 5) is 14.2. The molecule has 1 saturated carbocycles. The molecule has 100 valence electrons. The van der Waals surface area contributed by atoms with Gasteiger partial charge in [0.05, 0.1) is 5.92 Å². The fraction of sp³-hybridized carbons (Fsp3) is 0.929. The average Bonchev–Trinajstić information content (AvgIpc) is 2.77. The van der Waals surface area contributed by atoms with Gasteiger partial charge in [-0.05, 0) is 31.1 Å². The van der Waals surface area contributed by atoms with Crippen molar-refractivity contribution in [3.63, 3.8) is 0 Å². The molecule has 3 heteroatoms. The van der Waals surface area contributed by atoms with Crippen molar-refractivity contribution in [2.45, 2.75) is 46.0 Å². The Bertz CT molecular complexity index is 234. The lowest BCUT2D eigenvalue weighted by Gasteiger charge is -2.26. The van der Waals surface area contributed by atoms with Crippen LogP contribution in [-0.2, 0) is 4.79 Å². The molecule has 17 heavy (non-hydrogen) atoms. The molecule has 0 radical (unpaired) electrons. The Morgan fingerprint density at radius 3 is 2.41 bits per heavy atom. The highest BCUT2D eigenvalue weighted by atomic mass is 16.2. The molecule has 0 aromatic heterocycles. The molecule has 1 aliphatic carbocycles. The fourth-order valence-electron chi connectivity index (χ4n) is 2.85. The molecule has 1 amide bonds. The van der Waals surface area contributed by atoms with Gasteiger partial charge < -0.3 is 10.6 Å². The zero-order chi connectivity index (χ0) is 12.8. The Balaban J connectivity index is 2.42. The largest absolute Gasteiger partial charge is 0.345 e. The number of nitrogens with two attached hydrogens (primary N) is 1. The first-order chi connectivity index (χ1) is 8.04. The molecule has 1 atom stereocenters. The van der Waals surface area contributed by atoms with Crippen LogP contribution in [0.15, 0.2) is 0 Å². The normalized spacial score (nSPS) is 18.6. The van der Waals surface area contributed by atoms with Crippen LogP contribution < -0.4 is 5.73 Å². The second kappa shape index (κ2) is 7.00. The molecule has 0 aliphatic heterocycles. The second-order valence-corrected chi connectivity index (χ2v) is 5.93. The van der Waals surface area contributed by atoms with Crippen molar-refractivity contribution in [3.8, 4) is 0 Å². The fourth-order valence-corrected chi connectivity index (χ4v) is 2.85. The number of nitrogens with zero attached hydrogens (tertiary/aromatic N) is 1. The second-order valence-electron chi connectivity index (χ2n) is 5.93. The number of hydrogen-bond acceptors (Lipinski definition) is 2. The monoisotopic (exact) mass is 240 g/mol. The first-order valence-electron chi connectivity index (χ1n) is 6.99. The van der Waals surface area contributed by atoms with Gasteiger partial charge in [0, 0.05) is 20.1 Å². The van der Waals surface area contributed by atoms with Crippen molar-refractivity contribution >= 4 is 5.91 Å². The molecule has 0 bridgehead atoms. The molecular formula is C14H28N2O. The smallest absolute Gasteiger partial charge is 0.226 e. The summed E-state index contributed by atoms with van der Waals surface area (Å²) in [5, 5.41) is 0. The van der Waals surface area contributed by atoms with E-state index in [4.69, 9.17) is 5.73 Å². The van der Waals surface area contributed by atoms with E-state index in [-0.39, 0.29) is 11.8 Å². The van der Waals surface area contributed by atoms with Crippen LogP contribution in [-0.4, -0.2) is 30.9 Å². The van der Waals surface area contributed by atoms with Gasteiger partial charge in [-0.25, -0.2) is 0 Å². The predicted molar refractivity (Wildman–Crippen MR) is 71.6 cm³/mol. The lowest BCUT2D eigenvalue weighted by molar-refractivity contribution is -0.135. The summed E-state index contributed by atoms with van der Waals surface area (Å²) < 4.78 is 0. The Hall–Kier alpha value is -0.570. The summed E-state index contributed by atoms with van der Waals surface area (Å²) >= 11 is 0. The van der Waals surface area contributed by atoms with Gasteiger partial charge >= 0.3 is 0 Å². The SMILES string of the molecule is CC(C)CC(CN)C(=O)N(C)CC1CCCC1. The molecule has 2 N–H and O–H groups in total. The van der Waals surface area contributed by atoms with E-state index in [1.165, 1.54) is 25.7 Å². The van der Waals surface area contributed by atoms with Crippen LogP contribution in [0.3, 0.4) is 0 Å². The number of rotatable bonds is 6. The van der Waals surface area contributed by atoms with Gasteiger partial charge in [-0.3, -0.25) is 4.79 Å². The molecule has 1 unspecified atom stereocenters. The number of hydrogen-bond donors (Lipinski definition) is 1. The average molecular weight is 240 g/mol. The van der Waals surface area contributed by atoms with E-state index >= 15 is 0 Å². The van der Waals surface area contributed by atoms with Crippen LogP contribution in [0.25, 0.3) is 0 Å². The van der Waals surface area contributed by atoms with Crippen LogP contribution in [0.4, 0.5) is 0 Å². The van der Waals surface area contributed by atoms with E-state index in [2.05, 4.69) is 13.8 Å². The van der Waals surface area contributed by atoms with Crippen LogP contribution in [0.1, 0.15) is 46.0 Å². The molecule has 0 heterocycles. The Labute approximate surface area is 106 Å². The van der Waals surface area contributed by atoms with Crippen molar-refractivity contribution in [2.24, 2.45) is 23.5 Å². The van der Waals surface area contributed by atoms with Crippen molar-refractivity contribution < 1.29 is 4.79 Å². The quantitative estimate of drug-likeness (QED) is 0.774. The third kappa shape index (κ3) is 4.66. The van der Waals surface area contributed by atoms with Gasteiger partial charge in [-0.2, -0.15) is 0 Å². The molecule has 1 rings (SSSR count). The number of carbonyl (C=O) groups excluding carboxylic acids is 1. The van der Waals surface area contributed by atoms with Crippen molar-refractivity contribution in [2.75, 3.05) is 20.1 Å². The van der Waals surface area contributed by atoms with E-state index < -0.39 is 0 Å². The first kappa shape index (κ1) is 14.5. The van der Waals surface area contributed by atoms with Crippen molar-refractivity contribution in [3.05, 3.63) is 0 Å². The molecule has 3 nitrogen and oxygen atoms in total. The molecule has 1 aliphatic rings.